The Labute approximate surface area is 147 Å². The maximum Gasteiger partial charge on any atom is 0.160 e. The van der Waals surface area contributed by atoms with Crippen molar-refractivity contribution in [1.82, 2.24) is 15.3 Å². The predicted octanol–water partition coefficient (Wildman–Crippen LogP) is 3.55. The van der Waals surface area contributed by atoms with E-state index in [2.05, 4.69) is 27.1 Å². The van der Waals surface area contributed by atoms with Crippen molar-refractivity contribution in [2.75, 3.05) is 24.5 Å². The molecular formula is C19H24F2N4. The van der Waals surface area contributed by atoms with Crippen LogP contribution in [0.2, 0.25) is 0 Å². The van der Waals surface area contributed by atoms with E-state index in [4.69, 9.17) is 0 Å². The van der Waals surface area contributed by atoms with Gasteiger partial charge < -0.3 is 10.2 Å². The van der Waals surface area contributed by atoms with Crippen LogP contribution in [0.1, 0.15) is 36.5 Å². The molecule has 0 bridgehead atoms. The summed E-state index contributed by atoms with van der Waals surface area (Å²) in [5.74, 6) is -0.332. The molecule has 1 aliphatic heterocycles. The van der Waals surface area contributed by atoms with Gasteiger partial charge in [-0.15, -0.1) is 0 Å². The summed E-state index contributed by atoms with van der Waals surface area (Å²) in [5.41, 5.74) is 2.86. The summed E-state index contributed by atoms with van der Waals surface area (Å²) in [7, 11) is 0. The summed E-state index contributed by atoms with van der Waals surface area (Å²) >= 11 is 0. The molecule has 6 heteroatoms. The smallest absolute Gasteiger partial charge is 0.160 e. The molecule has 0 aliphatic carbocycles. The highest BCUT2D eigenvalue weighted by molar-refractivity contribution is 5.47. The van der Waals surface area contributed by atoms with Crippen molar-refractivity contribution in [2.45, 2.75) is 33.2 Å². The van der Waals surface area contributed by atoms with Gasteiger partial charge in [-0.25, -0.2) is 18.7 Å². The van der Waals surface area contributed by atoms with E-state index in [0.717, 1.165) is 48.8 Å². The lowest BCUT2D eigenvalue weighted by Gasteiger charge is -2.21. The van der Waals surface area contributed by atoms with Crippen molar-refractivity contribution in [3.8, 4) is 0 Å². The number of benzene rings is 1. The Kier molecular flexibility index (Phi) is 5.27. The highest BCUT2D eigenvalue weighted by atomic mass is 19.2. The minimum Gasteiger partial charge on any atom is -0.371 e. The highest BCUT2D eigenvalue weighted by Crippen LogP contribution is 2.25. The van der Waals surface area contributed by atoms with Gasteiger partial charge >= 0.3 is 0 Å². The van der Waals surface area contributed by atoms with E-state index in [1.165, 1.54) is 12.1 Å². The number of aromatic nitrogens is 2. The summed E-state index contributed by atoms with van der Waals surface area (Å²) in [5, 5.41) is 3.55. The van der Waals surface area contributed by atoms with Gasteiger partial charge in [-0.2, -0.15) is 0 Å². The Morgan fingerprint density at radius 2 is 2.08 bits per heavy atom. The lowest BCUT2D eigenvalue weighted by molar-refractivity contribution is 0.470. The van der Waals surface area contributed by atoms with Crippen LogP contribution in [0, 0.1) is 31.4 Å². The van der Waals surface area contributed by atoms with Gasteiger partial charge in [-0.1, -0.05) is 0 Å². The summed E-state index contributed by atoms with van der Waals surface area (Å²) < 4.78 is 26.5. The number of nitrogens with one attached hydrogen (secondary N) is 1. The summed E-state index contributed by atoms with van der Waals surface area (Å²) in [6, 6.07) is 4.29. The molecule has 0 amide bonds. The second-order valence-electron chi connectivity index (χ2n) is 6.79. The Morgan fingerprint density at radius 3 is 2.80 bits per heavy atom. The largest absolute Gasteiger partial charge is 0.371 e. The quantitative estimate of drug-likeness (QED) is 0.899. The molecule has 1 saturated heterocycles. The van der Waals surface area contributed by atoms with E-state index < -0.39 is 11.6 Å². The second-order valence-corrected chi connectivity index (χ2v) is 6.79. The molecule has 25 heavy (non-hydrogen) atoms. The molecule has 2 aromatic rings. The van der Waals surface area contributed by atoms with E-state index in [1.54, 1.807) is 6.07 Å². The van der Waals surface area contributed by atoms with Crippen molar-refractivity contribution in [3.05, 3.63) is 53.1 Å². The summed E-state index contributed by atoms with van der Waals surface area (Å²) in [4.78, 5) is 10.8. The second kappa shape index (κ2) is 7.44. The Hall–Kier alpha value is -2.08. The first kappa shape index (κ1) is 17.7. The molecule has 1 fully saturated rings. The zero-order chi connectivity index (χ0) is 18.0. The van der Waals surface area contributed by atoms with Crippen molar-refractivity contribution < 1.29 is 8.78 Å². The maximum absolute atomic E-state index is 13.4. The molecule has 1 aromatic carbocycles. The third-order valence-corrected chi connectivity index (χ3v) is 4.87. The standard InChI is InChI=1S/C19H24F2N4/c1-12(17-10-23-14(3)24-13(17)2)22-9-15-6-7-25(11-15)16-4-5-18(20)19(21)8-16/h4-5,8,10,12,15,22H,6-7,9,11H2,1-3H3/t12-,15-/m0/s1. The van der Waals surface area contributed by atoms with Crippen LogP contribution in [0.4, 0.5) is 14.5 Å². The number of rotatable bonds is 5. The number of halogens is 2. The number of hydrogen-bond acceptors (Lipinski definition) is 4. The van der Waals surface area contributed by atoms with Gasteiger partial charge in [0.1, 0.15) is 5.82 Å². The van der Waals surface area contributed by atoms with Gasteiger partial charge in [0.2, 0.25) is 0 Å². The van der Waals surface area contributed by atoms with Crippen LogP contribution < -0.4 is 10.2 Å². The molecule has 0 spiro atoms. The van der Waals surface area contributed by atoms with Gasteiger partial charge in [0, 0.05) is 54.9 Å². The molecule has 4 nitrogen and oxygen atoms in total. The fraction of sp³-hybridized carbons (Fsp3) is 0.474. The van der Waals surface area contributed by atoms with Crippen LogP contribution >= 0.6 is 0 Å². The minimum absolute atomic E-state index is 0.179. The van der Waals surface area contributed by atoms with Crippen molar-refractivity contribution in [2.24, 2.45) is 5.92 Å². The third kappa shape index (κ3) is 4.12. The van der Waals surface area contributed by atoms with E-state index in [1.807, 2.05) is 20.0 Å². The SMILES string of the molecule is Cc1ncc([C@H](C)NC[C@@H]2CCN(c3ccc(F)c(F)c3)C2)c(C)n1. The lowest BCUT2D eigenvalue weighted by atomic mass is 10.1. The van der Waals surface area contributed by atoms with Crippen LogP contribution in [0.25, 0.3) is 0 Å². The lowest BCUT2D eigenvalue weighted by Crippen LogP contribution is -2.29. The van der Waals surface area contributed by atoms with Crippen LogP contribution in [0.5, 0.6) is 0 Å². The van der Waals surface area contributed by atoms with Gasteiger partial charge in [0.05, 0.1) is 0 Å². The molecule has 1 aromatic heterocycles. The van der Waals surface area contributed by atoms with Crippen LogP contribution in [0.15, 0.2) is 24.4 Å². The molecule has 0 radical (unpaired) electrons. The highest BCUT2D eigenvalue weighted by Gasteiger charge is 2.24. The Balaban J connectivity index is 1.55. The van der Waals surface area contributed by atoms with E-state index >= 15 is 0 Å². The average Bonchev–Trinajstić information content (AvgIpc) is 3.04. The van der Waals surface area contributed by atoms with Gasteiger partial charge in [-0.3, -0.25) is 0 Å². The predicted molar refractivity (Wildman–Crippen MR) is 94.6 cm³/mol. The van der Waals surface area contributed by atoms with E-state index in [0.29, 0.717) is 5.92 Å². The molecule has 2 atom stereocenters. The number of nitrogens with zero attached hydrogens (tertiary/aromatic N) is 3. The van der Waals surface area contributed by atoms with Crippen molar-refractivity contribution in [3.63, 3.8) is 0 Å². The van der Waals surface area contributed by atoms with Crippen LogP contribution in [-0.2, 0) is 0 Å². The van der Waals surface area contributed by atoms with Crippen molar-refractivity contribution >= 4 is 5.69 Å². The monoisotopic (exact) mass is 346 g/mol. The fourth-order valence-electron chi connectivity index (χ4n) is 3.39. The molecule has 3 rings (SSSR count). The van der Waals surface area contributed by atoms with Gasteiger partial charge in [0.25, 0.3) is 0 Å². The third-order valence-electron chi connectivity index (χ3n) is 4.87. The first-order chi connectivity index (χ1) is 11.9. The zero-order valence-corrected chi connectivity index (χ0v) is 14.9. The zero-order valence-electron chi connectivity index (χ0n) is 14.9. The normalized spacial score (nSPS) is 18.6. The van der Waals surface area contributed by atoms with Gasteiger partial charge in [0.15, 0.2) is 11.6 Å². The molecule has 1 N–H and O–H groups in total. The summed E-state index contributed by atoms with van der Waals surface area (Å²) in [6.45, 7) is 8.58. The number of aryl methyl sites for hydroxylation is 2. The van der Waals surface area contributed by atoms with Crippen molar-refractivity contribution in [1.29, 1.82) is 0 Å². The van der Waals surface area contributed by atoms with Crippen LogP contribution in [-0.4, -0.2) is 29.6 Å². The fourth-order valence-corrected chi connectivity index (χ4v) is 3.39. The number of hydrogen-bond donors (Lipinski definition) is 1. The molecule has 134 valence electrons. The molecule has 0 saturated carbocycles. The first-order valence-corrected chi connectivity index (χ1v) is 8.67. The van der Waals surface area contributed by atoms with E-state index in [9.17, 15) is 8.78 Å². The Morgan fingerprint density at radius 1 is 1.28 bits per heavy atom. The maximum atomic E-state index is 13.4. The van der Waals surface area contributed by atoms with Gasteiger partial charge in [-0.05, 0) is 45.2 Å². The number of anilines is 1. The van der Waals surface area contributed by atoms with Crippen LogP contribution in [0.3, 0.4) is 0 Å². The average molecular weight is 346 g/mol. The molecule has 1 aliphatic rings. The van der Waals surface area contributed by atoms with E-state index in [-0.39, 0.29) is 6.04 Å². The summed E-state index contributed by atoms with van der Waals surface area (Å²) in [6.07, 6.45) is 2.92. The molecule has 2 heterocycles. The molecular weight excluding hydrogens is 322 g/mol. The topological polar surface area (TPSA) is 41.1 Å². The Bertz CT molecular complexity index is 750. The minimum atomic E-state index is -0.800. The molecule has 0 unspecified atom stereocenters. The first-order valence-electron chi connectivity index (χ1n) is 8.67.